The fourth-order valence-corrected chi connectivity index (χ4v) is 16.9. The summed E-state index contributed by atoms with van der Waals surface area (Å²) >= 11 is 0. The molecule has 0 aliphatic carbocycles. The maximum Gasteiger partial charge on any atom is 0.410 e. The Bertz CT molecular complexity index is 5050. The van der Waals surface area contributed by atoms with Crippen LogP contribution in [-0.2, 0) is 82.4 Å². The summed E-state index contributed by atoms with van der Waals surface area (Å²) in [5, 5.41) is 19.0. The number of para-hydroxylation sites is 3. The maximum atomic E-state index is 13.5. The van der Waals surface area contributed by atoms with Crippen molar-refractivity contribution in [1.29, 1.82) is 0 Å². The first kappa shape index (κ1) is 83.6. The van der Waals surface area contributed by atoms with Crippen LogP contribution in [0.2, 0.25) is 0 Å². The third-order valence-corrected chi connectivity index (χ3v) is 22.8. The summed E-state index contributed by atoms with van der Waals surface area (Å²) in [4.78, 5) is 106. The van der Waals surface area contributed by atoms with Gasteiger partial charge in [-0.3, -0.25) is 44.2 Å². The van der Waals surface area contributed by atoms with E-state index in [1.165, 1.54) is 46.2 Å². The van der Waals surface area contributed by atoms with Gasteiger partial charge >= 0.3 is 30.2 Å². The van der Waals surface area contributed by atoms with Gasteiger partial charge < -0.3 is 58.9 Å². The van der Waals surface area contributed by atoms with E-state index in [9.17, 15) is 51.8 Å². The second kappa shape index (κ2) is 36.0. The van der Waals surface area contributed by atoms with Crippen molar-refractivity contribution in [3.63, 3.8) is 0 Å². The zero-order chi connectivity index (χ0) is 81.0. The molecule has 0 radical (unpaired) electrons. The summed E-state index contributed by atoms with van der Waals surface area (Å²) in [6.07, 6.45) is 0.958. The molecule has 8 amide bonds. The average molecular weight is 1620 g/mol. The SMILES string of the molecule is CC(C)(C)OC(=O)N1CCN(CCN)CC1.CC(C)(C)OC(=O)N1CCN(CCN2C(=O)C3Cc4c(n(Cc5ccc(F)cc5)c5ccccc45)CN3C2=O)CC1.Cl.O=C(O)[C@@H]1Cc2c(n(Cc3ccc(F)cc3)c3ccccc23)CN1.O=C1C2Cc3c(n(Cc4ccc(F)cc4)c4ccccc34)CN2C(=O)N1CCN1CCNCC1.[2HH]. The quantitative estimate of drug-likeness (QED) is 0.0696. The third kappa shape index (κ3) is 18.9. The predicted octanol–water partition coefficient (Wildman–Crippen LogP) is 10.6. The lowest BCUT2D eigenvalue weighted by Gasteiger charge is -2.36. The number of urea groups is 2. The number of amides is 8. The molecule has 3 aromatic heterocycles. The minimum atomic E-state index is -0.823. The number of aromatic nitrogens is 3. The molecule has 0 spiro atoms. The highest BCUT2D eigenvalue weighted by Gasteiger charge is 2.50. The number of nitrogens with one attached hydrogen (secondary N) is 2. The molecule has 5 saturated heterocycles. The van der Waals surface area contributed by atoms with Crippen LogP contribution in [0.3, 0.4) is 0 Å². The number of fused-ring (bicyclic) bond motifs is 11. The molecule has 5 fully saturated rings. The fourth-order valence-electron chi connectivity index (χ4n) is 16.9. The second-order valence-corrected chi connectivity index (χ2v) is 32.7. The van der Waals surface area contributed by atoms with Crippen LogP contribution in [0, 0.1) is 17.5 Å². The largest absolute Gasteiger partial charge is 0.480 e. The molecule has 8 aliphatic rings. The molecule has 8 aliphatic heterocycles. The van der Waals surface area contributed by atoms with Crippen LogP contribution in [0.15, 0.2) is 146 Å². The van der Waals surface area contributed by atoms with Crippen LogP contribution in [-0.4, -0.2) is 252 Å². The molecule has 5 N–H and O–H groups in total. The molecular formula is C87H107ClF3N15O10. The first-order chi connectivity index (χ1) is 55.2. The van der Waals surface area contributed by atoms with Crippen molar-refractivity contribution in [3.05, 3.63) is 214 Å². The molecule has 618 valence electrons. The van der Waals surface area contributed by atoms with Crippen molar-refractivity contribution < 1.29 is 62.7 Å². The molecule has 0 saturated carbocycles. The van der Waals surface area contributed by atoms with Crippen molar-refractivity contribution in [2.75, 3.05) is 118 Å². The number of carboxylic acid groups (broad SMARTS) is 1. The monoisotopic (exact) mass is 1610 g/mol. The topological polar surface area (TPSA) is 252 Å². The summed E-state index contributed by atoms with van der Waals surface area (Å²) in [5.74, 6) is -1.83. The molecule has 3 atom stereocenters. The Balaban J connectivity index is 0.000000150. The number of carbonyl (C=O) groups is 7. The molecule has 6 aromatic carbocycles. The molecule has 17 rings (SSSR count). The van der Waals surface area contributed by atoms with Gasteiger partial charge in [-0.1, -0.05) is 91.0 Å². The lowest BCUT2D eigenvalue weighted by Crippen LogP contribution is -2.51. The van der Waals surface area contributed by atoms with Gasteiger partial charge in [-0.25, -0.2) is 32.3 Å². The molecule has 2 unspecified atom stereocenters. The van der Waals surface area contributed by atoms with Crippen molar-refractivity contribution in [1.82, 2.24) is 68.4 Å². The maximum absolute atomic E-state index is 13.5. The van der Waals surface area contributed by atoms with Gasteiger partial charge in [0.1, 0.15) is 46.8 Å². The predicted molar refractivity (Wildman–Crippen MR) is 441 cm³/mol. The fraction of sp³-hybridized carbons (Fsp3) is 0.437. The molecule has 0 bridgehead atoms. The zero-order valence-corrected chi connectivity index (χ0v) is 67.6. The van der Waals surface area contributed by atoms with E-state index in [1.54, 1.807) is 56.0 Å². The lowest BCUT2D eigenvalue weighted by atomic mass is 9.97. The smallest absolute Gasteiger partial charge is 0.410 e. The van der Waals surface area contributed by atoms with Crippen LogP contribution in [0.5, 0.6) is 0 Å². The van der Waals surface area contributed by atoms with E-state index in [0.717, 1.165) is 142 Å². The summed E-state index contributed by atoms with van der Waals surface area (Å²) in [5.41, 5.74) is 17.3. The Labute approximate surface area is 681 Å². The van der Waals surface area contributed by atoms with E-state index in [4.69, 9.17) is 15.2 Å². The summed E-state index contributed by atoms with van der Waals surface area (Å²) in [7, 11) is 0. The van der Waals surface area contributed by atoms with Gasteiger partial charge in [-0.15, -0.1) is 12.4 Å². The molecule has 11 heterocycles. The molecule has 9 aromatic rings. The number of benzene rings is 6. The number of aliphatic carboxylic acids is 1. The van der Waals surface area contributed by atoms with Gasteiger partial charge in [0.05, 0.1) is 13.1 Å². The number of hydrogen-bond acceptors (Lipinski definition) is 15. The minimum absolute atomic E-state index is 0. The Morgan fingerprint density at radius 2 is 0.810 bits per heavy atom. The standard InChI is InChI=1S/C31H36FN5O4.C26H28FN5O2.C19H17FN2O2.C11H23N3O2.ClH.H2/c1-31(2,3)41-30(40)34-15-12-33(13-16-34)14-17-35-28(38)26-18-24-23-6-4-5-7-25(23)36(27(24)20-37(26)29(35)39)19-21-8-10-22(32)11-9-21;27-19-7-5-18(6-8-19)16-31-22-4-2-1-3-20(22)21-15-23-25(33)30(26(34)32(23)17-24(21)31)14-13-29-11-9-28-10-12-29;20-13-7-5-12(6-8-13)11-22-17-4-2-1-3-14(17)15-9-16(19(23)24)21-10-18(15)22;1-11(2,3)16-10(15)14-8-6-13(5-4-12)7-9-14;;/h4-11,26H,12-20H2,1-3H3;1-8,23,28H,9-17H2;1-8,16,21H,9-11H2,(H,23,24);4-9,12H2,1-3H3;2*1H/t;;16-;;;/m..0.../s1/i;;;;;1+1. The van der Waals surface area contributed by atoms with Gasteiger partial charge in [0, 0.05) is 214 Å². The number of ether oxygens (including phenoxy) is 2. The van der Waals surface area contributed by atoms with Gasteiger partial charge in [-0.2, -0.15) is 0 Å². The number of hydrogen-bond donors (Lipinski definition) is 4. The van der Waals surface area contributed by atoms with E-state index < -0.39 is 35.3 Å². The molecule has 25 nitrogen and oxygen atoms in total. The third-order valence-electron chi connectivity index (χ3n) is 22.8. The molecule has 116 heavy (non-hydrogen) atoms. The number of carboxylic acids is 1. The van der Waals surface area contributed by atoms with E-state index in [-0.39, 0.29) is 67.3 Å². The van der Waals surface area contributed by atoms with E-state index in [2.05, 4.69) is 63.3 Å². The van der Waals surface area contributed by atoms with E-state index in [1.807, 2.05) is 90.1 Å². The van der Waals surface area contributed by atoms with Crippen LogP contribution >= 0.6 is 12.4 Å². The number of nitrogens with zero attached hydrogens (tertiary/aromatic N) is 12. The normalized spacial score (nSPS) is 19.1. The first-order valence-corrected chi connectivity index (χ1v) is 40.0. The van der Waals surface area contributed by atoms with Crippen molar-refractivity contribution >= 4 is 87.1 Å². The van der Waals surface area contributed by atoms with Gasteiger partial charge in [0.15, 0.2) is 0 Å². The van der Waals surface area contributed by atoms with Gasteiger partial charge in [-0.05, 0) is 130 Å². The van der Waals surface area contributed by atoms with Crippen molar-refractivity contribution in [2.45, 2.75) is 129 Å². The summed E-state index contributed by atoms with van der Waals surface area (Å²) in [6, 6.07) is 41.9. The van der Waals surface area contributed by atoms with E-state index in [0.29, 0.717) is 117 Å². The van der Waals surface area contributed by atoms with Gasteiger partial charge in [0.2, 0.25) is 0 Å². The summed E-state index contributed by atoms with van der Waals surface area (Å²) in [6.45, 7) is 27.3. The molecular weight excluding hydrogens is 1510 g/mol. The van der Waals surface area contributed by atoms with Crippen molar-refractivity contribution in [2.24, 2.45) is 5.73 Å². The Hall–Kier alpha value is -10.3. The summed E-state index contributed by atoms with van der Waals surface area (Å²) < 4.78 is 57.5. The number of carbonyl (C=O) groups excluding carboxylic acids is 6. The number of halogens is 4. The van der Waals surface area contributed by atoms with Crippen LogP contribution in [0.25, 0.3) is 32.7 Å². The number of rotatable bonds is 15. The van der Waals surface area contributed by atoms with Crippen LogP contribution in [0.1, 0.15) is 93.4 Å². The highest BCUT2D eigenvalue weighted by atomic mass is 35.5. The second-order valence-electron chi connectivity index (χ2n) is 32.7. The Morgan fingerprint density at radius 1 is 0.466 bits per heavy atom. The van der Waals surface area contributed by atoms with Crippen LogP contribution < -0.4 is 16.4 Å². The first-order valence-electron chi connectivity index (χ1n) is 40.0. The highest BCUT2D eigenvalue weighted by molar-refractivity contribution is 6.06. The molecule has 29 heteroatoms. The van der Waals surface area contributed by atoms with Crippen LogP contribution in [0.4, 0.5) is 32.3 Å². The van der Waals surface area contributed by atoms with E-state index >= 15 is 0 Å². The lowest BCUT2D eigenvalue weighted by molar-refractivity contribution is -0.139. The Kier molecular flexibility index (Phi) is 26.0. The zero-order valence-electron chi connectivity index (χ0n) is 66.8. The number of imide groups is 2. The van der Waals surface area contributed by atoms with Gasteiger partial charge in [0.25, 0.3) is 11.8 Å². The average Bonchev–Trinajstić information content (AvgIpc) is 1.58. The van der Waals surface area contributed by atoms with Crippen molar-refractivity contribution in [3.8, 4) is 0 Å². The highest BCUT2D eigenvalue weighted by Crippen LogP contribution is 2.40. The number of nitrogens with two attached hydrogens (primary N) is 1. The number of piperazine rings is 3. The Morgan fingerprint density at radius 3 is 1.17 bits per heavy atom. The minimum Gasteiger partial charge on any atom is -0.480 e.